The summed E-state index contributed by atoms with van der Waals surface area (Å²) in [5.74, 6) is -4.64. The minimum atomic E-state index is -1.63. The summed E-state index contributed by atoms with van der Waals surface area (Å²) in [7, 11) is 0. The second kappa shape index (κ2) is 10.00. The predicted molar refractivity (Wildman–Crippen MR) is 109 cm³/mol. The summed E-state index contributed by atoms with van der Waals surface area (Å²) < 4.78 is 26.7. The fourth-order valence-electron chi connectivity index (χ4n) is 3.90. The maximum absolute atomic E-state index is 13.2. The van der Waals surface area contributed by atoms with Crippen LogP contribution >= 0.6 is 0 Å². The molecule has 2 amide bonds. The average molecular weight is 477 g/mol. The maximum atomic E-state index is 13.2. The van der Waals surface area contributed by atoms with Crippen molar-refractivity contribution in [2.45, 2.75) is 58.3 Å². The van der Waals surface area contributed by atoms with Crippen LogP contribution in [0, 0.1) is 0 Å². The number of esters is 4. The van der Waals surface area contributed by atoms with Gasteiger partial charge in [-0.05, 0) is 12.1 Å². The van der Waals surface area contributed by atoms with Gasteiger partial charge < -0.3 is 23.7 Å². The molecule has 0 radical (unpaired) electrons. The molecule has 0 aliphatic carbocycles. The van der Waals surface area contributed by atoms with Crippen molar-refractivity contribution in [1.82, 2.24) is 4.90 Å². The van der Waals surface area contributed by atoms with Gasteiger partial charge in [0.15, 0.2) is 12.2 Å². The number of fused-ring (bicyclic) bond motifs is 1. The molecule has 12 nitrogen and oxygen atoms in total. The van der Waals surface area contributed by atoms with E-state index in [1.807, 2.05) is 0 Å². The summed E-state index contributed by atoms with van der Waals surface area (Å²) in [6, 6.07) is 4.49. The van der Waals surface area contributed by atoms with E-state index in [4.69, 9.17) is 23.7 Å². The Morgan fingerprint density at radius 2 is 1.29 bits per heavy atom. The van der Waals surface area contributed by atoms with E-state index in [1.54, 1.807) is 12.1 Å². The normalized spacial score (nSPS) is 25.9. The molecule has 1 aromatic carbocycles. The van der Waals surface area contributed by atoms with Gasteiger partial charge in [0.2, 0.25) is 6.29 Å². The van der Waals surface area contributed by atoms with Crippen molar-refractivity contribution in [3.05, 3.63) is 35.4 Å². The largest absolute Gasteiger partial charge is 0.463 e. The van der Waals surface area contributed by atoms with Gasteiger partial charge in [-0.3, -0.25) is 33.7 Å². The first-order chi connectivity index (χ1) is 16.0. The summed E-state index contributed by atoms with van der Waals surface area (Å²) in [5, 5.41) is 0. The first-order valence-corrected chi connectivity index (χ1v) is 10.3. The zero-order chi connectivity index (χ0) is 25.2. The van der Waals surface area contributed by atoms with Crippen molar-refractivity contribution in [3.63, 3.8) is 0 Å². The molecule has 182 valence electrons. The van der Waals surface area contributed by atoms with Gasteiger partial charge in [-0.1, -0.05) is 12.1 Å². The molecule has 1 aromatic rings. The molecule has 0 aromatic heterocycles. The zero-order valence-electron chi connectivity index (χ0n) is 18.8. The van der Waals surface area contributed by atoms with E-state index in [9.17, 15) is 28.8 Å². The Hall–Kier alpha value is -3.80. The second-order valence-corrected chi connectivity index (χ2v) is 7.62. The van der Waals surface area contributed by atoms with Crippen LogP contribution < -0.4 is 0 Å². The highest BCUT2D eigenvalue weighted by atomic mass is 16.7. The Bertz CT molecular complexity index is 1000. The van der Waals surface area contributed by atoms with Crippen LogP contribution in [0.3, 0.4) is 0 Å². The molecule has 5 atom stereocenters. The van der Waals surface area contributed by atoms with Crippen molar-refractivity contribution < 1.29 is 52.5 Å². The Kier molecular flexibility index (Phi) is 7.30. The monoisotopic (exact) mass is 477 g/mol. The summed E-state index contributed by atoms with van der Waals surface area (Å²) in [6.07, 6.45) is -5.81. The molecular weight excluding hydrogens is 454 g/mol. The molecule has 0 saturated carbocycles. The van der Waals surface area contributed by atoms with Gasteiger partial charge in [0.25, 0.3) is 11.8 Å². The highest BCUT2D eigenvalue weighted by Gasteiger charge is 2.58. The zero-order valence-corrected chi connectivity index (χ0v) is 18.8. The molecule has 2 aliphatic heterocycles. The van der Waals surface area contributed by atoms with Gasteiger partial charge in [0, 0.05) is 27.7 Å². The van der Waals surface area contributed by atoms with Crippen LogP contribution in [0.15, 0.2) is 24.3 Å². The second-order valence-electron chi connectivity index (χ2n) is 7.62. The van der Waals surface area contributed by atoms with E-state index < -0.39 is 72.9 Å². The average Bonchev–Trinajstić information content (AvgIpc) is 2.98. The number of imide groups is 1. The third-order valence-electron chi connectivity index (χ3n) is 5.08. The summed E-state index contributed by atoms with van der Waals surface area (Å²) in [6.45, 7) is 3.91. The fraction of sp³-hybridized carbons (Fsp3) is 0.455. The third-order valence-corrected chi connectivity index (χ3v) is 5.08. The van der Waals surface area contributed by atoms with Crippen LogP contribution in [-0.2, 0) is 42.9 Å². The molecule has 1 fully saturated rings. The van der Waals surface area contributed by atoms with E-state index in [0.29, 0.717) is 0 Å². The lowest BCUT2D eigenvalue weighted by atomic mass is 9.94. The standard InChI is InChI=1S/C22H23NO11/c1-10(24)30-9-16-18(31-11(2)25)19(32-12(3)26)17(22(34-16)33-13(4)27)23-20(28)14-7-5-6-8-15(14)21(23)29/h5-8,16-19,22H,9H2,1-4H3/t16?,17?,18-,19+,22+/m0/s1. The molecule has 2 unspecified atom stereocenters. The minimum absolute atomic E-state index is 0.0849. The van der Waals surface area contributed by atoms with Gasteiger partial charge in [0.05, 0.1) is 11.1 Å². The fourth-order valence-corrected chi connectivity index (χ4v) is 3.90. The number of nitrogens with zero attached hydrogens (tertiary/aromatic N) is 1. The molecular formula is C22H23NO11. The quantitative estimate of drug-likeness (QED) is 0.317. The summed E-state index contributed by atoms with van der Waals surface area (Å²) in [4.78, 5) is 74.2. The molecule has 0 spiro atoms. The van der Waals surface area contributed by atoms with Crippen LogP contribution in [0.2, 0.25) is 0 Å². The molecule has 2 heterocycles. The minimum Gasteiger partial charge on any atom is -0.463 e. The first-order valence-electron chi connectivity index (χ1n) is 10.3. The van der Waals surface area contributed by atoms with Gasteiger partial charge in [-0.25, -0.2) is 0 Å². The van der Waals surface area contributed by atoms with E-state index >= 15 is 0 Å². The summed E-state index contributed by atoms with van der Waals surface area (Å²) >= 11 is 0. The summed E-state index contributed by atoms with van der Waals surface area (Å²) in [5.41, 5.74) is 0.170. The lowest BCUT2D eigenvalue weighted by molar-refractivity contribution is -0.278. The maximum Gasteiger partial charge on any atom is 0.305 e. The van der Waals surface area contributed by atoms with E-state index in [1.165, 1.54) is 12.1 Å². The number of hydrogen-bond acceptors (Lipinski definition) is 11. The Morgan fingerprint density at radius 1 is 0.794 bits per heavy atom. The third kappa shape index (κ3) is 5.06. The van der Waals surface area contributed by atoms with Crippen LogP contribution in [0.1, 0.15) is 48.4 Å². The number of rotatable bonds is 6. The molecule has 2 aliphatic rings. The van der Waals surface area contributed by atoms with Gasteiger partial charge in [-0.15, -0.1) is 0 Å². The number of hydrogen-bond donors (Lipinski definition) is 0. The van der Waals surface area contributed by atoms with Crippen LogP contribution in [0.5, 0.6) is 0 Å². The number of ether oxygens (including phenoxy) is 5. The van der Waals surface area contributed by atoms with Gasteiger partial charge >= 0.3 is 23.9 Å². The lowest BCUT2D eigenvalue weighted by Crippen LogP contribution is -2.67. The van der Waals surface area contributed by atoms with Crippen LogP contribution in [-0.4, -0.2) is 77.8 Å². The van der Waals surface area contributed by atoms with Crippen molar-refractivity contribution >= 4 is 35.7 Å². The van der Waals surface area contributed by atoms with Crippen LogP contribution in [0.25, 0.3) is 0 Å². The highest BCUT2D eigenvalue weighted by molar-refractivity contribution is 6.21. The topological polar surface area (TPSA) is 152 Å². The number of amides is 2. The van der Waals surface area contributed by atoms with Crippen molar-refractivity contribution in [2.75, 3.05) is 6.61 Å². The molecule has 0 bridgehead atoms. The first kappa shape index (κ1) is 24.8. The Labute approximate surface area is 194 Å². The van der Waals surface area contributed by atoms with E-state index in [2.05, 4.69) is 0 Å². The predicted octanol–water partition coefficient (Wildman–Crippen LogP) is 0.366. The molecule has 3 rings (SSSR count). The number of benzene rings is 1. The van der Waals surface area contributed by atoms with E-state index in [-0.39, 0.29) is 11.1 Å². The van der Waals surface area contributed by atoms with Crippen molar-refractivity contribution in [3.8, 4) is 0 Å². The van der Waals surface area contributed by atoms with Gasteiger partial charge in [0.1, 0.15) is 18.8 Å². The Balaban J connectivity index is 2.11. The molecule has 1 saturated heterocycles. The lowest BCUT2D eigenvalue weighted by Gasteiger charge is -2.46. The molecule has 0 N–H and O–H groups in total. The highest BCUT2D eigenvalue weighted by Crippen LogP contribution is 2.35. The Morgan fingerprint density at radius 3 is 1.76 bits per heavy atom. The number of carbonyl (C=O) groups is 6. The van der Waals surface area contributed by atoms with Gasteiger partial charge in [-0.2, -0.15) is 0 Å². The smallest absolute Gasteiger partial charge is 0.305 e. The molecule has 34 heavy (non-hydrogen) atoms. The number of carbonyl (C=O) groups excluding carboxylic acids is 6. The SMILES string of the molecule is CC(=O)OCC1O[C@@H](OC(C)=O)C(N2C(=O)c3ccccc3C2=O)[C@@H](OC(C)=O)[C@H]1OC(C)=O. The van der Waals surface area contributed by atoms with Crippen molar-refractivity contribution in [1.29, 1.82) is 0 Å². The van der Waals surface area contributed by atoms with Crippen LogP contribution in [0.4, 0.5) is 0 Å². The van der Waals surface area contributed by atoms with E-state index in [0.717, 1.165) is 32.6 Å². The molecule has 12 heteroatoms. The van der Waals surface area contributed by atoms with Crippen molar-refractivity contribution in [2.24, 2.45) is 0 Å².